The summed E-state index contributed by atoms with van der Waals surface area (Å²) in [7, 11) is 0. The summed E-state index contributed by atoms with van der Waals surface area (Å²) in [6, 6.07) is 10.4. The van der Waals surface area contributed by atoms with E-state index in [4.69, 9.17) is 5.73 Å². The lowest BCUT2D eigenvalue weighted by Gasteiger charge is -2.12. The van der Waals surface area contributed by atoms with Crippen LogP contribution in [0.25, 0.3) is 11.3 Å². The molecule has 1 atom stereocenters. The van der Waals surface area contributed by atoms with Crippen molar-refractivity contribution in [3.8, 4) is 11.3 Å². The Balaban J connectivity index is 2.11. The number of anilines is 1. The lowest BCUT2D eigenvalue weighted by Crippen LogP contribution is -2.24. The molecule has 2 rings (SSSR count). The Labute approximate surface area is 94.9 Å². The predicted molar refractivity (Wildman–Crippen MR) is 66.2 cm³/mol. The highest BCUT2D eigenvalue weighted by Crippen LogP contribution is 2.19. The average molecular weight is 216 g/mol. The van der Waals surface area contributed by atoms with Gasteiger partial charge in [0, 0.05) is 24.5 Å². The van der Waals surface area contributed by atoms with Crippen LogP contribution in [0.1, 0.15) is 6.92 Å². The van der Waals surface area contributed by atoms with Gasteiger partial charge in [-0.25, -0.2) is 0 Å². The molecule has 0 spiro atoms. The summed E-state index contributed by atoms with van der Waals surface area (Å²) in [6.45, 7) is 2.69. The average Bonchev–Trinajstić information content (AvgIpc) is 2.83. The first-order chi connectivity index (χ1) is 7.79. The van der Waals surface area contributed by atoms with Gasteiger partial charge in [0.25, 0.3) is 0 Å². The van der Waals surface area contributed by atoms with E-state index in [-0.39, 0.29) is 6.04 Å². The van der Waals surface area contributed by atoms with Crippen LogP contribution in [-0.4, -0.2) is 22.8 Å². The summed E-state index contributed by atoms with van der Waals surface area (Å²) in [5.74, 6) is 0. The molecule has 2 aromatic rings. The standard InChI is InChI=1S/C12H16N4/c1-9(8-13)15-11-4-2-10(3-5-11)12-6-7-14-16-12/h2-7,9,15H,8,13H2,1H3,(H,14,16). The minimum Gasteiger partial charge on any atom is -0.381 e. The minimum atomic E-state index is 0.290. The molecule has 0 aliphatic carbocycles. The number of nitrogens with zero attached hydrogens (tertiary/aromatic N) is 1. The van der Waals surface area contributed by atoms with E-state index < -0.39 is 0 Å². The molecule has 0 bridgehead atoms. The maximum atomic E-state index is 5.55. The molecule has 0 saturated heterocycles. The molecule has 0 amide bonds. The van der Waals surface area contributed by atoms with E-state index >= 15 is 0 Å². The first-order valence-corrected chi connectivity index (χ1v) is 5.36. The highest BCUT2D eigenvalue weighted by Gasteiger charge is 2.01. The number of hydrogen-bond acceptors (Lipinski definition) is 3. The maximum Gasteiger partial charge on any atom is 0.0650 e. The van der Waals surface area contributed by atoms with E-state index in [9.17, 15) is 0 Å². The number of hydrogen-bond donors (Lipinski definition) is 3. The zero-order chi connectivity index (χ0) is 11.4. The van der Waals surface area contributed by atoms with Gasteiger partial charge in [0.2, 0.25) is 0 Å². The monoisotopic (exact) mass is 216 g/mol. The van der Waals surface area contributed by atoms with Crippen molar-refractivity contribution in [2.75, 3.05) is 11.9 Å². The summed E-state index contributed by atoms with van der Waals surface area (Å²) in [4.78, 5) is 0. The fourth-order valence-electron chi connectivity index (χ4n) is 1.51. The SMILES string of the molecule is CC(CN)Nc1ccc(-c2ccn[nH]2)cc1. The van der Waals surface area contributed by atoms with Gasteiger partial charge >= 0.3 is 0 Å². The summed E-state index contributed by atoms with van der Waals surface area (Å²) in [6.07, 6.45) is 1.75. The highest BCUT2D eigenvalue weighted by atomic mass is 15.1. The number of nitrogens with one attached hydrogen (secondary N) is 2. The maximum absolute atomic E-state index is 5.55. The molecule has 0 aliphatic heterocycles. The van der Waals surface area contributed by atoms with E-state index in [2.05, 4.69) is 34.6 Å². The Bertz CT molecular complexity index is 419. The Morgan fingerprint density at radius 1 is 1.31 bits per heavy atom. The molecular formula is C12H16N4. The van der Waals surface area contributed by atoms with Crippen LogP contribution in [0, 0.1) is 0 Å². The summed E-state index contributed by atoms with van der Waals surface area (Å²) in [5, 5.41) is 10.2. The molecule has 4 nitrogen and oxygen atoms in total. The lowest BCUT2D eigenvalue weighted by molar-refractivity contribution is 0.804. The molecule has 1 aromatic heterocycles. The van der Waals surface area contributed by atoms with Gasteiger partial charge in [-0.1, -0.05) is 12.1 Å². The summed E-state index contributed by atoms with van der Waals surface area (Å²) >= 11 is 0. The molecule has 0 fully saturated rings. The molecule has 4 N–H and O–H groups in total. The zero-order valence-electron chi connectivity index (χ0n) is 9.27. The van der Waals surface area contributed by atoms with Crippen molar-refractivity contribution in [3.05, 3.63) is 36.5 Å². The Morgan fingerprint density at radius 2 is 2.06 bits per heavy atom. The molecule has 0 saturated carbocycles. The topological polar surface area (TPSA) is 66.7 Å². The summed E-state index contributed by atoms with van der Waals surface area (Å²) < 4.78 is 0. The van der Waals surface area contributed by atoms with Crippen LogP contribution >= 0.6 is 0 Å². The van der Waals surface area contributed by atoms with Crippen LogP contribution in [0.5, 0.6) is 0 Å². The van der Waals surface area contributed by atoms with Crippen LogP contribution in [0.4, 0.5) is 5.69 Å². The first kappa shape index (κ1) is 10.7. The van der Waals surface area contributed by atoms with Gasteiger partial charge < -0.3 is 11.1 Å². The van der Waals surface area contributed by atoms with Crippen LogP contribution in [0.2, 0.25) is 0 Å². The van der Waals surface area contributed by atoms with Crippen molar-refractivity contribution >= 4 is 5.69 Å². The van der Waals surface area contributed by atoms with Crippen molar-refractivity contribution in [2.45, 2.75) is 13.0 Å². The van der Waals surface area contributed by atoms with Crippen LogP contribution in [0.15, 0.2) is 36.5 Å². The number of aromatic nitrogens is 2. The van der Waals surface area contributed by atoms with Gasteiger partial charge in [-0.3, -0.25) is 5.10 Å². The van der Waals surface area contributed by atoms with E-state index in [1.165, 1.54) is 0 Å². The second kappa shape index (κ2) is 4.81. The third-order valence-corrected chi connectivity index (χ3v) is 2.46. The number of rotatable bonds is 4. The molecular weight excluding hydrogens is 200 g/mol. The molecule has 1 heterocycles. The predicted octanol–water partition coefficient (Wildman–Crippen LogP) is 1.84. The lowest BCUT2D eigenvalue weighted by atomic mass is 10.1. The van der Waals surface area contributed by atoms with E-state index in [0.717, 1.165) is 16.9 Å². The molecule has 0 radical (unpaired) electrons. The van der Waals surface area contributed by atoms with Crippen molar-refractivity contribution in [3.63, 3.8) is 0 Å². The number of aromatic amines is 1. The summed E-state index contributed by atoms with van der Waals surface area (Å²) in [5.41, 5.74) is 8.79. The van der Waals surface area contributed by atoms with Crippen molar-refractivity contribution < 1.29 is 0 Å². The van der Waals surface area contributed by atoms with Crippen LogP contribution in [-0.2, 0) is 0 Å². The quantitative estimate of drug-likeness (QED) is 0.730. The molecule has 16 heavy (non-hydrogen) atoms. The molecule has 84 valence electrons. The molecule has 0 aliphatic rings. The molecule has 4 heteroatoms. The normalized spacial score (nSPS) is 12.4. The Kier molecular flexibility index (Phi) is 3.22. The third kappa shape index (κ3) is 2.41. The van der Waals surface area contributed by atoms with Crippen molar-refractivity contribution in [1.82, 2.24) is 10.2 Å². The van der Waals surface area contributed by atoms with E-state index in [1.54, 1.807) is 6.20 Å². The second-order valence-electron chi connectivity index (χ2n) is 3.83. The van der Waals surface area contributed by atoms with Gasteiger partial charge in [0.05, 0.1) is 5.69 Å². The van der Waals surface area contributed by atoms with Crippen molar-refractivity contribution in [2.24, 2.45) is 5.73 Å². The van der Waals surface area contributed by atoms with E-state index in [1.807, 2.05) is 18.2 Å². The second-order valence-corrected chi connectivity index (χ2v) is 3.83. The minimum absolute atomic E-state index is 0.290. The van der Waals surface area contributed by atoms with Crippen LogP contribution < -0.4 is 11.1 Å². The van der Waals surface area contributed by atoms with Gasteiger partial charge in [0.1, 0.15) is 0 Å². The number of H-pyrrole nitrogens is 1. The smallest absolute Gasteiger partial charge is 0.0650 e. The van der Waals surface area contributed by atoms with Gasteiger partial charge in [-0.2, -0.15) is 5.10 Å². The van der Waals surface area contributed by atoms with Gasteiger partial charge in [-0.15, -0.1) is 0 Å². The number of nitrogens with two attached hydrogens (primary N) is 1. The number of benzene rings is 1. The van der Waals surface area contributed by atoms with Crippen LogP contribution in [0.3, 0.4) is 0 Å². The Hall–Kier alpha value is -1.81. The highest BCUT2D eigenvalue weighted by molar-refractivity contribution is 5.62. The Morgan fingerprint density at radius 3 is 2.62 bits per heavy atom. The zero-order valence-corrected chi connectivity index (χ0v) is 9.27. The molecule has 1 aromatic carbocycles. The molecule has 1 unspecified atom stereocenters. The van der Waals surface area contributed by atoms with Gasteiger partial charge in [-0.05, 0) is 30.7 Å². The van der Waals surface area contributed by atoms with Crippen molar-refractivity contribution in [1.29, 1.82) is 0 Å². The third-order valence-electron chi connectivity index (χ3n) is 2.46. The van der Waals surface area contributed by atoms with E-state index in [0.29, 0.717) is 6.54 Å². The fraction of sp³-hybridized carbons (Fsp3) is 0.250. The first-order valence-electron chi connectivity index (χ1n) is 5.36. The van der Waals surface area contributed by atoms with Gasteiger partial charge in [0.15, 0.2) is 0 Å². The fourth-order valence-corrected chi connectivity index (χ4v) is 1.51. The largest absolute Gasteiger partial charge is 0.381 e.